The van der Waals surface area contributed by atoms with Gasteiger partial charge in [-0.05, 0) is 29.7 Å². The minimum atomic E-state index is -0.749. The number of fused-ring (bicyclic) bond motifs is 1. The number of carboxylic acids is 1. The van der Waals surface area contributed by atoms with E-state index in [1.165, 1.54) is 5.56 Å². The Morgan fingerprint density at radius 2 is 1.84 bits per heavy atom. The van der Waals surface area contributed by atoms with Crippen LogP contribution in [-0.2, 0) is 11.2 Å². The van der Waals surface area contributed by atoms with Crippen molar-refractivity contribution >= 4 is 5.97 Å². The number of nitrogens with two attached hydrogens (primary N) is 1. The zero-order valence-electron chi connectivity index (χ0n) is 14.1. The number of carbonyl (C=O) groups is 1. The third-order valence-electron chi connectivity index (χ3n) is 5.35. The number of carboxylic acid groups (broad SMARTS) is 1. The molecule has 0 aromatic heterocycles. The topological polar surface area (TPSA) is 72.4 Å². The summed E-state index contributed by atoms with van der Waals surface area (Å²) >= 11 is 0. The van der Waals surface area contributed by atoms with Gasteiger partial charge in [-0.25, -0.2) is 0 Å². The SMILES string of the molecule is CCc1ccc(C2[NH2+]CC(c3ccc4c(c3)OCO4)[C@H]2C(=O)O)cc1. The highest BCUT2D eigenvalue weighted by Crippen LogP contribution is 2.40. The van der Waals surface area contributed by atoms with E-state index in [0.29, 0.717) is 5.75 Å². The quantitative estimate of drug-likeness (QED) is 0.894. The first-order valence-electron chi connectivity index (χ1n) is 8.72. The Kier molecular flexibility index (Phi) is 4.09. The lowest BCUT2D eigenvalue weighted by atomic mass is 9.82. The van der Waals surface area contributed by atoms with Crippen LogP contribution in [0.3, 0.4) is 0 Å². The highest BCUT2D eigenvalue weighted by atomic mass is 16.7. The standard InChI is InChI=1S/C20H21NO4/c1-2-12-3-5-13(6-4-12)19-18(20(22)23)15(10-21-19)14-7-8-16-17(9-14)25-11-24-16/h3-9,15,18-19,21H,2,10-11H2,1H3,(H,22,23)/p+1/t15?,18-,19?/m1/s1. The van der Waals surface area contributed by atoms with E-state index in [0.717, 1.165) is 29.8 Å². The molecule has 3 N–H and O–H groups in total. The van der Waals surface area contributed by atoms with Gasteiger partial charge in [0, 0.05) is 5.56 Å². The predicted molar refractivity (Wildman–Crippen MR) is 91.8 cm³/mol. The highest BCUT2D eigenvalue weighted by molar-refractivity contribution is 5.73. The molecule has 0 bridgehead atoms. The molecular weight excluding hydrogens is 318 g/mol. The third kappa shape index (κ3) is 2.85. The number of aryl methyl sites for hydroxylation is 1. The second kappa shape index (κ2) is 6.41. The molecule has 2 heterocycles. The van der Waals surface area contributed by atoms with E-state index in [9.17, 15) is 9.90 Å². The molecule has 0 radical (unpaired) electrons. The summed E-state index contributed by atoms with van der Waals surface area (Å²) in [4.78, 5) is 12.0. The van der Waals surface area contributed by atoms with Gasteiger partial charge >= 0.3 is 5.97 Å². The van der Waals surface area contributed by atoms with Crippen LogP contribution < -0.4 is 14.8 Å². The largest absolute Gasteiger partial charge is 0.481 e. The van der Waals surface area contributed by atoms with Crippen LogP contribution in [0.2, 0.25) is 0 Å². The monoisotopic (exact) mass is 340 g/mol. The van der Waals surface area contributed by atoms with Crippen molar-refractivity contribution in [1.29, 1.82) is 0 Å². The van der Waals surface area contributed by atoms with Gasteiger partial charge in [0.05, 0.1) is 12.5 Å². The van der Waals surface area contributed by atoms with Crippen LogP contribution in [0, 0.1) is 5.92 Å². The fourth-order valence-electron chi connectivity index (χ4n) is 3.97. The predicted octanol–water partition coefficient (Wildman–Crippen LogP) is 2.08. The zero-order chi connectivity index (χ0) is 17.4. The second-order valence-corrected chi connectivity index (χ2v) is 6.68. The lowest BCUT2D eigenvalue weighted by Gasteiger charge is -2.18. The molecule has 2 aliphatic rings. The highest BCUT2D eigenvalue weighted by Gasteiger charge is 2.46. The fourth-order valence-corrected chi connectivity index (χ4v) is 3.97. The van der Waals surface area contributed by atoms with Crippen LogP contribution in [-0.4, -0.2) is 24.4 Å². The van der Waals surface area contributed by atoms with E-state index in [2.05, 4.69) is 36.5 Å². The normalized spacial score (nSPS) is 24.4. The smallest absolute Gasteiger partial charge is 0.313 e. The van der Waals surface area contributed by atoms with Crippen LogP contribution >= 0.6 is 0 Å². The number of hydrogen-bond donors (Lipinski definition) is 2. The summed E-state index contributed by atoms with van der Waals surface area (Å²) in [6, 6.07) is 14.0. The molecule has 3 atom stereocenters. The number of ether oxygens (including phenoxy) is 2. The van der Waals surface area contributed by atoms with Crippen molar-refractivity contribution in [1.82, 2.24) is 0 Å². The maximum Gasteiger partial charge on any atom is 0.313 e. The number of quaternary nitrogens is 1. The number of rotatable bonds is 4. The Balaban J connectivity index is 1.64. The molecule has 1 fully saturated rings. The Morgan fingerprint density at radius 3 is 2.56 bits per heavy atom. The second-order valence-electron chi connectivity index (χ2n) is 6.68. The molecule has 130 valence electrons. The summed E-state index contributed by atoms with van der Waals surface area (Å²) in [6.45, 7) is 3.09. The zero-order valence-corrected chi connectivity index (χ0v) is 14.1. The molecule has 2 aromatic carbocycles. The molecule has 2 aromatic rings. The first-order valence-corrected chi connectivity index (χ1v) is 8.72. The van der Waals surface area contributed by atoms with Gasteiger partial charge in [-0.15, -0.1) is 0 Å². The molecule has 0 spiro atoms. The van der Waals surface area contributed by atoms with Crippen molar-refractivity contribution in [3.05, 3.63) is 59.2 Å². The summed E-state index contributed by atoms with van der Waals surface area (Å²) < 4.78 is 10.8. The van der Waals surface area contributed by atoms with Crippen molar-refractivity contribution in [2.45, 2.75) is 25.3 Å². The summed E-state index contributed by atoms with van der Waals surface area (Å²) in [7, 11) is 0. The van der Waals surface area contributed by atoms with Gasteiger partial charge in [-0.2, -0.15) is 0 Å². The molecule has 5 nitrogen and oxygen atoms in total. The maximum absolute atomic E-state index is 12.0. The fraction of sp³-hybridized carbons (Fsp3) is 0.350. The Labute approximate surface area is 146 Å². The molecule has 2 unspecified atom stereocenters. The lowest BCUT2D eigenvalue weighted by Crippen LogP contribution is -2.82. The van der Waals surface area contributed by atoms with Gasteiger partial charge in [-0.3, -0.25) is 4.79 Å². The first-order chi connectivity index (χ1) is 12.2. The summed E-state index contributed by atoms with van der Waals surface area (Å²) in [6.07, 6.45) is 0.983. The van der Waals surface area contributed by atoms with Gasteiger partial charge in [-0.1, -0.05) is 37.3 Å². The average molecular weight is 340 g/mol. The summed E-state index contributed by atoms with van der Waals surface area (Å²) in [5, 5.41) is 12.0. The molecule has 25 heavy (non-hydrogen) atoms. The van der Waals surface area contributed by atoms with Crippen LogP contribution in [0.1, 0.15) is 35.6 Å². The molecule has 2 aliphatic heterocycles. The van der Waals surface area contributed by atoms with E-state index in [-0.39, 0.29) is 18.8 Å². The molecule has 5 heteroatoms. The Morgan fingerprint density at radius 1 is 1.12 bits per heavy atom. The molecule has 0 aliphatic carbocycles. The van der Waals surface area contributed by atoms with Crippen molar-refractivity contribution < 1.29 is 24.7 Å². The van der Waals surface area contributed by atoms with E-state index >= 15 is 0 Å². The van der Waals surface area contributed by atoms with Gasteiger partial charge in [0.25, 0.3) is 0 Å². The van der Waals surface area contributed by atoms with Crippen molar-refractivity contribution in [2.24, 2.45) is 5.92 Å². The lowest BCUT2D eigenvalue weighted by molar-refractivity contribution is -0.679. The first kappa shape index (κ1) is 16.0. The summed E-state index contributed by atoms with van der Waals surface area (Å²) in [5.74, 6) is 0.165. The molecular formula is C20H22NO4+. The van der Waals surface area contributed by atoms with Gasteiger partial charge < -0.3 is 19.9 Å². The Bertz CT molecular complexity index is 787. The molecule has 4 rings (SSSR count). The molecule has 1 saturated heterocycles. The summed E-state index contributed by atoms with van der Waals surface area (Å²) in [5.41, 5.74) is 3.34. The maximum atomic E-state index is 12.0. The minimum Gasteiger partial charge on any atom is -0.481 e. The minimum absolute atomic E-state index is 0.0529. The van der Waals surface area contributed by atoms with E-state index in [1.54, 1.807) is 0 Å². The molecule has 0 saturated carbocycles. The van der Waals surface area contributed by atoms with Crippen LogP contribution in [0.4, 0.5) is 0 Å². The number of aliphatic carboxylic acids is 1. The van der Waals surface area contributed by atoms with Crippen LogP contribution in [0.25, 0.3) is 0 Å². The van der Waals surface area contributed by atoms with E-state index in [4.69, 9.17) is 9.47 Å². The van der Waals surface area contributed by atoms with Crippen molar-refractivity contribution in [3.8, 4) is 11.5 Å². The van der Waals surface area contributed by atoms with Gasteiger partial charge in [0.15, 0.2) is 11.5 Å². The Hall–Kier alpha value is -2.53. The van der Waals surface area contributed by atoms with Crippen LogP contribution in [0.5, 0.6) is 11.5 Å². The van der Waals surface area contributed by atoms with Crippen LogP contribution in [0.15, 0.2) is 42.5 Å². The van der Waals surface area contributed by atoms with E-state index in [1.807, 2.05) is 18.2 Å². The number of benzene rings is 2. The molecule has 0 amide bonds. The third-order valence-corrected chi connectivity index (χ3v) is 5.35. The van der Waals surface area contributed by atoms with Crippen molar-refractivity contribution in [3.63, 3.8) is 0 Å². The van der Waals surface area contributed by atoms with Crippen molar-refractivity contribution in [2.75, 3.05) is 13.3 Å². The van der Waals surface area contributed by atoms with Gasteiger partial charge in [0.1, 0.15) is 12.0 Å². The average Bonchev–Trinajstić information content (AvgIpc) is 3.27. The van der Waals surface area contributed by atoms with E-state index < -0.39 is 11.9 Å². The number of hydrogen-bond acceptors (Lipinski definition) is 3. The van der Waals surface area contributed by atoms with Gasteiger partial charge in [0.2, 0.25) is 6.79 Å².